The lowest BCUT2D eigenvalue weighted by Gasteiger charge is -2.20. The van der Waals surface area contributed by atoms with Crippen molar-refractivity contribution in [2.24, 2.45) is 11.3 Å². The maximum Gasteiger partial charge on any atom is 0.240 e. The predicted molar refractivity (Wildman–Crippen MR) is 72.8 cm³/mol. The first-order valence-corrected chi connectivity index (χ1v) is 7.98. The van der Waals surface area contributed by atoms with Gasteiger partial charge in [-0.05, 0) is 42.4 Å². The van der Waals surface area contributed by atoms with E-state index in [-0.39, 0.29) is 15.9 Å². The summed E-state index contributed by atoms with van der Waals surface area (Å²) in [5.41, 5.74) is -0.219. The van der Waals surface area contributed by atoms with Crippen LogP contribution in [0, 0.1) is 28.5 Å². The first-order valence-electron chi connectivity index (χ1n) is 6.50. The molecule has 20 heavy (non-hydrogen) atoms. The van der Waals surface area contributed by atoms with E-state index in [4.69, 9.17) is 5.26 Å². The van der Waals surface area contributed by atoms with Gasteiger partial charge in [0.05, 0.1) is 10.5 Å². The zero-order valence-electron chi connectivity index (χ0n) is 11.5. The lowest BCUT2D eigenvalue weighted by atomic mass is 9.93. The van der Waals surface area contributed by atoms with Crippen LogP contribution in [0.15, 0.2) is 23.1 Å². The second-order valence-corrected chi connectivity index (χ2v) is 7.36. The number of nitriles is 1. The van der Waals surface area contributed by atoms with Crippen molar-refractivity contribution in [1.82, 2.24) is 4.72 Å². The summed E-state index contributed by atoms with van der Waals surface area (Å²) in [5.74, 6) is -0.305. The molecule has 0 radical (unpaired) electrons. The number of sulfonamides is 1. The third-order valence-corrected chi connectivity index (χ3v) is 5.50. The zero-order valence-corrected chi connectivity index (χ0v) is 12.3. The van der Waals surface area contributed by atoms with E-state index in [0.29, 0.717) is 12.5 Å². The van der Waals surface area contributed by atoms with E-state index in [1.807, 2.05) is 0 Å². The van der Waals surface area contributed by atoms with Crippen molar-refractivity contribution >= 4 is 10.0 Å². The van der Waals surface area contributed by atoms with Gasteiger partial charge in [-0.15, -0.1) is 0 Å². The van der Waals surface area contributed by atoms with Crippen LogP contribution in [-0.4, -0.2) is 15.0 Å². The molecular formula is C14H17FN2O2S. The van der Waals surface area contributed by atoms with Crippen molar-refractivity contribution in [1.29, 1.82) is 5.26 Å². The topological polar surface area (TPSA) is 70.0 Å². The Morgan fingerprint density at radius 1 is 1.45 bits per heavy atom. The normalized spacial score (nSPS) is 16.9. The highest BCUT2D eigenvalue weighted by Crippen LogP contribution is 2.51. The number of benzene rings is 1. The van der Waals surface area contributed by atoms with Crippen LogP contribution in [0.2, 0.25) is 0 Å². The molecule has 1 fully saturated rings. The molecule has 1 aromatic rings. The summed E-state index contributed by atoms with van der Waals surface area (Å²) < 4.78 is 40.1. The van der Waals surface area contributed by atoms with Crippen molar-refractivity contribution in [2.75, 3.05) is 6.54 Å². The summed E-state index contributed by atoms with van der Waals surface area (Å²) >= 11 is 0. The van der Waals surface area contributed by atoms with Gasteiger partial charge in [0, 0.05) is 6.54 Å². The molecule has 0 aliphatic heterocycles. The Bertz CT molecular complexity index is 658. The fourth-order valence-corrected chi connectivity index (χ4v) is 3.36. The maximum absolute atomic E-state index is 13.2. The smallest absolute Gasteiger partial charge is 0.211 e. The van der Waals surface area contributed by atoms with E-state index in [2.05, 4.69) is 18.6 Å². The number of halogens is 1. The van der Waals surface area contributed by atoms with Crippen LogP contribution in [0.3, 0.4) is 0 Å². The van der Waals surface area contributed by atoms with Crippen molar-refractivity contribution in [3.63, 3.8) is 0 Å². The van der Waals surface area contributed by atoms with Gasteiger partial charge in [0.25, 0.3) is 0 Å². The Hall–Kier alpha value is -1.45. The molecule has 0 saturated heterocycles. The van der Waals surface area contributed by atoms with Crippen LogP contribution in [0.4, 0.5) is 4.39 Å². The van der Waals surface area contributed by atoms with Gasteiger partial charge in [-0.25, -0.2) is 17.5 Å². The lowest BCUT2D eigenvalue weighted by molar-refractivity contribution is 0.357. The van der Waals surface area contributed by atoms with Crippen LogP contribution in [0.5, 0.6) is 0 Å². The molecule has 0 atom stereocenters. The van der Waals surface area contributed by atoms with Crippen LogP contribution in [-0.2, 0) is 10.0 Å². The van der Waals surface area contributed by atoms with E-state index in [0.717, 1.165) is 25.0 Å². The molecule has 0 unspecified atom stereocenters. The first-order chi connectivity index (χ1) is 9.31. The molecule has 0 spiro atoms. The number of hydrogen-bond acceptors (Lipinski definition) is 3. The van der Waals surface area contributed by atoms with Crippen LogP contribution in [0.1, 0.15) is 32.3 Å². The second kappa shape index (κ2) is 5.15. The summed E-state index contributed by atoms with van der Waals surface area (Å²) in [4.78, 5) is -0.0741. The summed E-state index contributed by atoms with van der Waals surface area (Å²) in [6, 6.07) is 4.88. The molecular weight excluding hydrogens is 279 g/mol. The third kappa shape index (κ3) is 2.84. The van der Waals surface area contributed by atoms with Crippen molar-refractivity contribution in [3.05, 3.63) is 29.6 Å². The minimum atomic E-state index is -3.70. The Labute approximate surface area is 118 Å². The highest BCUT2D eigenvalue weighted by Gasteiger charge is 2.45. The lowest BCUT2D eigenvalue weighted by Crippen LogP contribution is -2.32. The SMILES string of the molecule is CC(C)C1(CNS(=O)(=O)c2ccc(F)c(C#N)c2)CC1. The Kier molecular flexibility index (Phi) is 3.85. The predicted octanol–water partition coefficient (Wildman–Crippen LogP) is 2.41. The minimum Gasteiger partial charge on any atom is -0.211 e. The van der Waals surface area contributed by atoms with E-state index in [1.54, 1.807) is 6.07 Å². The van der Waals surface area contributed by atoms with E-state index in [1.165, 1.54) is 6.07 Å². The number of nitrogens with one attached hydrogen (secondary N) is 1. The molecule has 1 aliphatic rings. The van der Waals surface area contributed by atoms with E-state index in [9.17, 15) is 12.8 Å². The van der Waals surface area contributed by atoms with Crippen LogP contribution >= 0.6 is 0 Å². The molecule has 1 N–H and O–H groups in total. The van der Waals surface area contributed by atoms with Gasteiger partial charge in [0.15, 0.2) is 0 Å². The van der Waals surface area contributed by atoms with Gasteiger partial charge in [0.2, 0.25) is 10.0 Å². The minimum absolute atomic E-state index is 0.0468. The molecule has 1 aliphatic carbocycles. The highest BCUT2D eigenvalue weighted by molar-refractivity contribution is 7.89. The van der Waals surface area contributed by atoms with Crippen molar-refractivity contribution in [3.8, 4) is 6.07 Å². The molecule has 6 heteroatoms. The number of hydrogen-bond donors (Lipinski definition) is 1. The maximum atomic E-state index is 13.2. The average molecular weight is 296 g/mol. The van der Waals surface area contributed by atoms with E-state index >= 15 is 0 Å². The molecule has 2 rings (SSSR count). The van der Waals surface area contributed by atoms with Gasteiger partial charge < -0.3 is 0 Å². The number of nitrogens with zero attached hydrogens (tertiary/aromatic N) is 1. The summed E-state index contributed by atoms with van der Waals surface area (Å²) in [6.07, 6.45) is 2.03. The monoisotopic (exact) mass is 296 g/mol. The van der Waals surface area contributed by atoms with Gasteiger partial charge in [-0.3, -0.25) is 0 Å². The fourth-order valence-electron chi connectivity index (χ4n) is 2.20. The van der Waals surface area contributed by atoms with Crippen LogP contribution < -0.4 is 4.72 Å². The van der Waals surface area contributed by atoms with Gasteiger partial charge in [0.1, 0.15) is 11.9 Å². The van der Waals surface area contributed by atoms with Crippen LogP contribution in [0.25, 0.3) is 0 Å². The highest BCUT2D eigenvalue weighted by atomic mass is 32.2. The summed E-state index contributed by atoms with van der Waals surface area (Å²) in [7, 11) is -3.70. The summed E-state index contributed by atoms with van der Waals surface area (Å²) in [5, 5.41) is 8.75. The number of rotatable bonds is 5. The molecule has 0 heterocycles. The Balaban J connectivity index is 2.17. The molecule has 0 bridgehead atoms. The van der Waals surface area contributed by atoms with Crippen molar-refractivity contribution in [2.45, 2.75) is 31.6 Å². The van der Waals surface area contributed by atoms with Gasteiger partial charge >= 0.3 is 0 Å². The zero-order chi connectivity index (χ0) is 15.0. The quantitative estimate of drug-likeness (QED) is 0.907. The molecule has 4 nitrogen and oxygen atoms in total. The fraction of sp³-hybridized carbons (Fsp3) is 0.500. The average Bonchev–Trinajstić information content (AvgIpc) is 3.18. The van der Waals surface area contributed by atoms with Crippen molar-refractivity contribution < 1.29 is 12.8 Å². The molecule has 1 saturated carbocycles. The molecule has 0 aromatic heterocycles. The first kappa shape index (κ1) is 14.9. The molecule has 108 valence electrons. The van der Waals surface area contributed by atoms with Gasteiger partial charge in [-0.1, -0.05) is 13.8 Å². The Morgan fingerprint density at radius 3 is 2.60 bits per heavy atom. The van der Waals surface area contributed by atoms with Gasteiger partial charge in [-0.2, -0.15) is 5.26 Å². The largest absolute Gasteiger partial charge is 0.240 e. The summed E-state index contributed by atoms with van der Waals surface area (Å²) in [6.45, 7) is 4.53. The standard InChI is InChI=1S/C14H17FN2O2S/c1-10(2)14(5-6-14)9-17-20(18,19)12-3-4-13(15)11(7-12)8-16/h3-4,7,10,17H,5-6,9H2,1-2H3. The third-order valence-electron chi connectivity index (χ3n) is 4.10. The second-order valence-electron chi connectivity index (χ2n) is 5.60. The Morgan fingerprint density at radius 2 is 2.10 bits per heavy atom. The molecule has 1 aromatic carbocycles. The van der Waals surface area contributed by atoms with E-state index < -0.39 is 15.8 Å². The molecule has 0 amide bonds.